The predicted octanol–water partition coefficient (Wildman–Crippen LogP) is 4.12. The number of aryl methyl sites for hydroxylation is 1. The molecule has 2 N–H and O–H groups in total. The van der Waals surface area contributed by atoms with Crippen LogP contribution in [0.25, 0.3) is 22.3 Å². The Hall–Kier alpha value is -2.71. The fourth-order valence-electron chi connectivity index (χ4n) is 5.18. The van der Waals surface area contributed by atoms with Crippen molar-refractivity contribution in [1.29, 1.82) is 0 Å². The lowest BCUT2D eigenvalue weighted by Gasteiger charge is -2.33. The van der Waals surface area contributed by atoms with Crippen LogP contribution in [0.1, 0.15) is 38.3 Å². The van der Waals surface area contributed by atoms with Gasteiger partial charge in [-0.25, -0.2) is 15.0 Å². The van der Waals surface area contributed by atoms with Crippen LogP contribution in [-0.4, -0.2) is 74.4 Å². The van der Waals surface area contributed by atoms with Gasteiger partial charge in [-0.15, -0.1) is 0 Å². The van der Waals surface area contributed by atoms with Gasteiger partial charge in [0.25, 0.3) is 0 Å². The molecule has 180 valence electrons. The molecule has 3 aromatic rings. The largest absolute Gasteiger partial charge is 0.350 e. The normalized spacial score (nSPS) is 19.7. The molecule has 0 aliphatic carbocycles. The predicted molar refractivity (Wildman–Crippen MR) is 135 cm³/mol. The van der Waals surface area contributed by atoms with Crippen LogP contribution in [0.5, 0.6) is 0 Å². The fraction of sp³-hybridized carbons (Fsp3) is 0.520. The topological polar surface area (TPSA) is 90.0 Å². The number of pyridine rings is 1. The van der Waals surface area contributed by atoms with Crippen LogP contribution >= 0.6 is 11.6 Å². The van der Waals surface area contributed by atoms with Crippen LogP contribution in [0.2, 0.25) is 5.02 Å². The molecule has 0 unspecified atom stereocenters. The van der Waals surface area contributed by atoms with Crippen LogP contribution in [0.3, 0.4) is 0 Å². The van der Waals surface area contributed by atoms with Gasteiger partial charge in [0.2, 0.25) is 11.9 Å². The van der Waals surface area contributed by atoms with Crippen molar-refractivity contribution >= 4 is 34.5 Å². The smallest absolute Gasteiger partial charge is 0.223 e. The lowest BCUT2D eigenvalue weighted by molar-refractivity contribution is -0.132. The second-order valence-electron chi connectivity index (χ2n) is 9.51. The number of likely N-dealkylation sites (tertiary alicyclic amines) is 2. The number of piperidine rings is 1. The minimum Gasteiger partial charge on any atom is -0.350 e. The molecular weight excluding hydrogens is 450 g/mol. The van der Waals surface area contributed by atoms with Crippen LogP contribution in [0, 0.1) is 12.8 Å². The van der Waals surface area contributed by atoms with Crippen LogP contribution in [-0.2, 0) is 4.79 Å². The summed E-state index contributed by atoms with van der Waals surface area (Å²) in [5.41, 5.74) is 3.43. The van der Waals surface area contributed by atoms with E-state index < -0.39 is 0 Å². The third kappa shape index (κ3) is 4.88. The number of hydrogen-bond acceptors (Lipinski definition) is 6. The number of rotatable bonds is 6. The van der Waals surface area contributed by atoms with E-state index in [1.165, 1.54) is 0 Å². The minimum atomic E-state index is 0.283. The molecule has 1 amide bonds. The Morgan fingerprint density at radius 2 is 2.03 bits per heavy atom. The Morgan fingerprint density at radius 1 is 1.21 bits per heavy atom. The van der Waals surface area contributed by atoms with E-state index in [2.05, 4.69) is 25.2 Å². The van der Waals surface area contributed by atoms with Crippen LogP contribution in [0.15, 0.2) is 24.5 Å². The van der Waals surface area contributed by atoms with Gasteiger partial charge in [-0.2, -0.15) is 0 Å². The van der Waals surface area contributed by atoms with Crippen LogP contribution < -0.4 is 5.32 Å². The molecule has 0 aromatic carbocycles. The van der Waals surface area contributed by atoms with Gasteiger partial charge in [-0.3, -0.25) is 4.79 Å². The van der Waals surface area contributed by atoms with Crippen molar-refractivity contribution < 1.29 is 4.79 Å². The van der Waals surface area contributed by atoms with E-state index in [1.54, 1.807) is 6.20 Å². The molecule has 1 atom stereocenters. The molecule has 2 fully saturated rings. The zero-order valence-electron chi connectivity index (χ0n) is 19.9. The highest BCUT2D eigenvalue weighted by atomic mass is 35.5. The van der Waals surface area contributed by atoms with Gasteiger partial charge in [0.1, 0.15) is 5.65 Å². The number of anilines is 1. The number of nitrogens with one attached hydrogen (secondary N) is 2. The summed E-state index contributed by atoms with van der Waals surface area (Å²) in [6, 6.07) is 4.35. The van der Waals surface area contributed by atoms with E-state index in [-0.39, 0.29) is 5.91 Å². The molecule has 2 aliphatic heterocycles. The van der Waals surface area contributed by atoms with Crippen molar-refractivity contribution in [1.82, 2.24) is 29.7 Å². The first kappa shape index (κ1) is 23.1. The van der Waals surface area contributed by atoms with Crippen molar-refractivity contribution in [2.24, 2.45) is 5.92 Å². The fourth-order valence-corrected chi connectivity index (χ4v) is 5.37. The van der Waals surface area contributed by atoms with Crippen molar-refractivity contribution in [2.45, 2.75) is 45.6 Å². The summed E-state index contributed by atoms with van der Waals surface area (Å²) in [7, 11) is 0. The van der Waals surface area contributed by atoms with E-state index in [1.807, 2.05) is 37.1 Å². The summed E-state index contributed by atoms with van der Waals surface area (Å²) in [5, 5.41) is 5.04. The Morgan fingerprint density at radius 3 is 2.82 bits per heavy atom. The maximum Gasteiger partial charge on any atom is 0.223 e. The average Bonchev–Trinajstić information content (AvgIpc) is 3.46. The standard InChI is InChI=1S/C25H32ClN7O/c1-3-22(34)33-10-6-17(7-11-33)14-32-9-8-18(15-32)30-25-28-13-21(26)23(31-25)20-12-27-24-19(20)5-4-16(2)29-24/h4-5,12-13,17-18H,3,6-11,14-15H2,1-2H3,(H,27,29)(H,28,30,31)/t18-/m1/s1. The molecule has 8 nitrogen and oxygen atoms in total. The van der Waals surface area contributed by atoms with Crippen LogP contribution in [0.4, 0.5) is 5.95 Å². The highest BCUT2D eigenvalue weighted by molar-refractivity contribution is 6.33. The maximum atomic E-state index is 11.9. The van der Waals surface area contributed by atoms with Gasteiger partial charge in [0.05, 0.1) is 16.9 Å². The van der Waals surface area contributed by atoms with Gasteiger partial charge in [0, 0.05) is 68.0 Å². The SMILES string of the molecule is CCC(=O)N1CCC(CN2CC[C@@H](Nc3ncc(Cl)c(-c4c[nH]c5nc(C)ccc45)n3)C2)CC1. The second-order valence-corrected chi connectivity index (χ2v) is 9.92. The van der Waals surface area contributed by atoms with Gasteiger partial charge < -0.3 is 20.1 Å². The second kappa shape index (κ2) is 9.88. The lowest BCUT2D eigenvalue weighted by Crippen LogP contribution is -2.41. The molecule has 34 heavy (non-hydrogen) atoms. The molecule has 0 spiro atoms. The Labute approximate surface area is 205 Å². The van der Waals surface area contributed by atoms with E-state index in [0.29, 0.717) is 35.0 Å². The van der Waals surface area contributed by atoms with Crippen molar-refractivity contribution in [3.05, 3.63) is 35.2 Å². The van der Waals surface area contributed by atoms with Gasteiger partial charge in [0.15, 0.2) is 0 Å². The van der Waals surface area contributed by atoms with Gasteiger partial charge >= 0.3 is 0 Å². The Balaban J connectivity index is 1.20. The summed E-state index contributed by atoms with van der Waals surface area (Å²) in [4.78, 5) is 33.4. The lowest BCUT2D eigenvalue weighted by atomic mass is 9.96. The van der Waals surface area contributed by atoms with Crippen molar-refractivity contribution in [3.63, 3.8) is 0 Å². The number of carbonyl (C=O) groups is 1. The number of nitrogens with zero attached hydrogens (tertiary/aromatic N) is 5. The number of fused-ring (bicyclic) bond motifs is 1. The summed E-state index contributed by atoms with van der Waals surface area (Å²) in [6.45, 7) is 8.86. The quantitative estimate of drug-likeness (QED) is 0.550. The van der Waals surface area contributed by atoms with E-state index in [4.69, 9.17) is 16.6 Å². The Bertz CT molecular complexity index is 1170. The summed E-state index contributed by atoms with van der Waals surface area (Å²) in [5.74, 6) is 1.55. The average molecular weight is 482 g/mol. The zero-order chi connectivity index (χ0) is 23.7. The summed E-state index contributed by atoms with van der Waals surface area (Å²) < 4.78 is 0. The molecule has 3 aromatic heterocycles. The zero-order valence-corrected chi connectivity index (χ0v) is 20.6. The highest BCUT2D eigenvalue weighted by Crippen LogP contribution is 2.32. The van der Waals surface area contributed by atoms with E-state index >= 15 is 0 Å². The number of aromatic amines is 1. The van der Waals surface area contributed by atoms with E-state index in [0.717, 1.165) is 74.3 Å². The minimum absolute atomic E-state index is 0.283. The Kier molecular flexibility index (Phi) is 6.70. The number of hydrogen-bond donors (Lipinski definition) is 2. The third-order valence-electron chi connectivity index (χ3n) is 7.07. The number of carbonyl (C=O) groups excluding carboxylic acids is 1. The van der Waals surface area contributed by atoms with E-state index in [9.17, 15) is 4.79 Å². The summed E-state index contributed by atoms with van der Waals surface area (Å²) >= 11 is 6.49. The molecule has 2 aliphatic rings. The number of amides is 1. The molecule has 2 saturated heterocycles. The maximum absolute atomic E-state index is 11.9. The highest BCUT2D eigenvalue weighted by Gasteiger charge is 2.28. The number of halogens is 1. The first-order valence-electron chi connectivity index (χ1n) is 12.2. The molecule has 0 radical (unpaired) electrons. The third-order valence-corrected chi connectivity index (χ3v) is 7.35. The van der Waals surface area contributed by atoms with Gasteiger partial charge in [-0.05, 0) is 44.2 Å². The molecule has 5 rings (SSSR count). The molecule has 0 bridgehead atoms. The number of aromatic nitrogens is 4. The summed E-state index contributed by atoms with van der Waals surface area (Å²) in [6.07, 6.45) is 7.45. The molecule has 9 heteroatoms. The van der Waals surface area contributed by atoms with Crippen molar-refractivity contribution in [3.8, 4) is 11.3 Å². The molecular formula is C25H32ClN7O. The monoisotopic (exact) mass is 481 g/mol. The van der Waals surface area contributed by atoms with Gasteiger partial charge in [-0.1, -0.05) is 18.5 Å². The number of H-pyrrole nitrogens is 1. The first-order valence-corrected chi connectivity index (χ1v) is 12.6. The van der Waals surface area contributed by atoms with Crippen molar-refractivity contribution in [2.75, 3.05) is 38.0 Å². The first-order chi connectivity index (χ1) is 16.5. The molecule has 5 heterocycles. The molecule has 0 saturated carbocycles.